The Labute approximate surface area is 157 Å². The molecule has 0 saturated carbocycles. The second kappa shape index (κ2) is 7.70. The van der Waals surface area contributed by atoms with Crippen LogP contribution >= 0.6 is 11.6 Å². The van der Waals surface area contributed by atoms with Crippen LogP contribution in [0.5, 0.6) is 0 Å². The molecule has 2 aromatic heterocycles. The summed E-state index contributed by atoms with van der Waals surface area (Å²) < 4.78 is 5.73. The Bertz CT molecular complexity index is 909. The van der Waals surface area contributed by atoms with E-state index in [2.05, 4.69) is 15.3 Å². The third kappa shape index (κ3) is 4.29. The summed E-state index contributed by atoms with van der Waals surface area (Å²) in [5.41, 5.74) is 4.43. The van der Waals surface area contributed by atoms with Crippen molar-refractivity contribution in [1.82, 2.24) is 9.97 Å². The number of nitrogens with one attached hydrogen (secondary N) is 1. The Balaban J connectivity index is 1.61. The van der Waals surface area contributed by atoms with Crippen molar-refractivity contribution in [3.05, 3.63) is 64.4 Å². The lowest BCUT2D eigenvalue weighted by atomic mass is 10.1. The SMILES string of the molecule is Cc1cc(C)c(NC(=O)CCc2ncc(-c3ccc(Cl)cc3)o2)c(C)n1. The molecule has 0 bridgehead atoms. The van der Waals surface area contributed by atoms with Crippen LogP contribution in [0.25, 0.3) is 11.3 Å². The molecule has 3 aromatic rings. The van der Waals surface area contributed by atoms with Crippen molar-refractivity contribution in [3.8, 4) is 11.3 Å². The van der Waals surface area contributed by atoms with Gasteiger partial charge < -0.3 is 9.73 Å². The maximum atomic E-state index is 12.3. The quantitative estimate of drug-likeness (QED) is 0.695. The fourth-order valence-corrected chi connectivity index (χ4v) is 2.93. The molecule has 2 heterocycles. The van der Waals surface area contributed by atoms with Crippen molar-refractivity contribution in [2.75, 3.05) is 5.32 Å². The van der Waals surface area contributed by atoms with Crippen molar-refractivity contribution >= 4 is 23.2 Å². The van der Waals surface area contributed by atoms with Gasteiger partial charge in [-0.1, -0.05) is 11.6 Å². The van der Waals surface area contributed by atoms with E-state index in [-0.39, 0.29) is 12.3 Å². The van der Waals surface area contributed by atoms with E-state index in [1.807, 2.05) is 39.0 Å². The summed E-state index contributed by atoms with van der Waals surface area (Å²) in [5.74, 6) is 1.10. The first-order valence-corrected chi connectivity index (χ1v) is 8.75. The lowest BCUT2D eigenvalue weighted by Crippen LogP contribution is -2.15. The Morgan fingerprint density at radius 3 is 2.62 bits per heavy atom. The number of aromatic nitrogens is 2. The minimum Gasteiger partial charge on any atom is -0.441 e. The average Bonchev–Trinajstić information content (AvgIpc) is 3.06. The third-order valence-electron chi connectivity index (χ3n) is 4.04. The number of benzene rings is 1. The number of amides is 1. The normalized spacial score (nSPS) is 10.8. The molecule has 0 aliphatic rings. The summed E-state index contributed by atoms with van der Waals surface area (Å²) in [6, 6.07) is 9.29. The van der Waals surface area contributed by atoms with Crippen LogP contribution in [-0.2, 0) is 11.2 Å². The minimum absolute atomic E-state index is 0.0897. The first kappa shape index (κ1) is 18.1. The molecule has 5 nitrogen and oxygen atoms in total. The summed E-state index contributed by atoms with van der Waals surface area (Å²) in [7, 11) is 0. The van der Waals surface area contributed by atoms with E-state index in [1.165, 1.54) is 0 Å². The number of hydrogen-bond acceptors (Lipinski definition) is 4. The predicted molar refractivity (Wildman–Crippen MR) is 102 cm³/mol. The van der Waals surface area contributed by atoms with Crippen LogP contribution in [0.15, 0.2) is 40.9 Å². The Kier molecular flexibility index (Phi) is 5.38. The van der Waals surface area contributed by atoms with Gasteiger partial charge in [-0.05, 0) is 56.7 Å². The van der Waals surface area contributed by atoms with Gasteiger partial charge in [-0.15, -0.1) is 0 Å². The number of pyridine rings is 1. The molecule has 26 heavy (non-hydrogen) atoms. The van der Waals surface area contributed by atoms with Crippen LogP contribution in [-0.4, -0.2) is 15.9 Å². The maximum Gasteiger partial charge on any atom is 0.224 e. The van der Waals surface area contributed by atoms with Crippen LogP contribution in [0.4, 0.5) is 5.69 Å². The lowest BCUT2D eigenvalue weighted by molar-refractivity contribution is -0.116. The summed E-state index contributed by atoms with van der Waals surface area (Å²) in [6.45, 7) is 5.79. The number of aryl methyl sites for hydroxylation is 4. The van der Waals surface area contributed by atoms with Crippen LogP contribution in [0.1, 0.15) is 29.3 Å². The van der Waals surface area contributed by atoms with Crippen LogP contribution < -0.4 is 5.32 Å². The van der Waals surface area contributed by atoms with E-state index in [0.29, 0.717) is 23.1 Å². The van der Waals surface area contributed by atoms with E-state index in [9.17, 15) is 4.79 Å². The molecule has 1 aromatic carbocycles. The van der Waals surface area contributed by atoms with Gasteiger partial charge in [0.1, 0.15) is 0 Å². The van der Waals surface area contributed by atoms with E-state index in [0.717, 1.165) is 28.2 Å². The molecule has 0 atom stereocenters. The Morgan fingerprint density at radius 2 is 1.92 bits per heavy atom. The standard InChI is InChI=1S/C20H20ClN3O2/c1-12-10-13(2)23-14(3)20(12)24-18(25)8-9-19-22-11-17(26-19)15-4-6-16(21)7-5-15/h4-7,10-11H,8-9H2,1-3H3,(H,24,25). The Morgan fingerprint density at radius 1 is 1.19 bits per heavy atom. The monoisotopic (exact) mass is 369 g/mol. The van der Waals surface area contributed by atoms with E-state index in [1.54, 1.807) is 18.3 Å². The highest BCUT2D eigenvalue weighted by molar-refractivity contribution is 6.30. The van der Waals surface area contributed by atoms with E-state index < -0.39 is 0 Å². The van der Waals surface area contributed by atoms with E-state index >= 15 is 0 Å². The average molecular weight is 370 g/mol. The van der Waals surface area contributed by atoms with Gasteiger partial charge in [0.15, 0.2) is 11.7 Å². The first-order chi connectivity index (χ1) is 12.4. The van der Waals surface area contributed by atoms with Crippen molar-refractivity contribution in [1.29, 1.82) is 0 Å². The van der Waals surface area contributed by atoms with Gasteiger partial charge in [-0.25, -0.2) is 4.98 Å². The molecule has 1 amide bonds. The summed E-state index contributed by atoms with van der Waals surface area (Å²) >= 11 is 5.89. The highest BCUT2D eigenvalue weighted by Crippen LogP contribution is 2.23. The molecular weight excluding hydrogens is 350 g/mol. The van der Waals surface area contributed by atoms with Gasteiger partial charge in [0.05, 0.1) is 17.6 Å². The molecule has 6 heteroatoms. The molecule has 0 unspecified atom stereocenters. The number of carbonyl (C=O) groups excluding carboxylic acids is 1. The summed E-state index contributed by atoms with van der Waals surface area (Å²) in [5, 5.41) is 3.60. The van der Waals surface area contributed by atoms with Crippen molar-refractivity contribution in [2.45, 2.75) is 33.6 Å². The number of hydrogen-bond donors (Lipinski definition) is 1. The van der Waals surface area contributed by atoms with Gasteiger partial charge in [0.25, 0.3) is 0 Å². The molecular formula is C20H20ClN3O2. The Hall–Kier alpha value is -2.66. The molecule has 0 radical (unpaired) electrons. The first-order valence-electron chi connectivity index (χ1n) is 8.37. The second-order valence-electron chi connectivity index (χ2n) is 6.21. The molecule has 3 rings (SSSR count). The number of oxazole rings is 1. The van der Waals surface area contributed by atoms with Gasteiger partial charge >= 0.3 is 0 Å². The molecule has 0 fully saturated rings. The smallest absolute Gasteiger partial charge is 0.224 e. The third-order valence-corrected chi connectivity index (χ3v) is 4.29. The van der Waals surface area contributed by atoms with Crippen molar-refractivity contribution in [3.63, 3.8) is 0 Å². The number of nitrogens with zero attached hydrogens (tertiary/aromatic N) is 2. The highest BCUT2D eigenvalue weighted by atomic mass is 35.5. The van der Waals surface area contributed by atoms with Crippen LogP contribution in [0.2, 0.25) is 5.02 Å². The van der Waals surface area contributed by atoms with Crippen LogP contribution in [0, 0.1) is 20.8 Å². The summed E-state index contributed by atoms with van der Waals surface area (Å²) in [4.78, 5) is 20.9. The molecule has 0 aliphatic carbocycles. The number of carbonyl (C=O) groups is 1. The van der Waals surface area contributed by atoms with Gasteiger partial charge in [0, 0.05) is 29.1 Å². The molecule has 0 spiro atoms. The topological polar surface area (TPSA) is 68.0 Å². The largest absolute Gasteiger partial charge is 0.441 e. The minimum atomic E-state index is -0.0897. The molecule has 1 N–H and O–H groups in total. The molecule has 0 aliphatic heterocycles. The highest BCUT2D eigenvalue weighted by Gasteiger charge is 2.12. The van der Waals surface area contributed by atoms with E-state index in [4.69, 9.17) is 16.0 Å². The zero-order chi connectivity index (χ0) is 18.7. The zero-order valence-corrected chi connectivity index (χ0v) is 15.7. The maximum absolute atomic E-state index is 12.3. The number of anilines is 1. The number of halogens is 1. The van der Waals surface area contributed by atoms with Crippen molar-refractivity contribution in [2.24, 2.45) is 0 Å². The number of rotatable bonds is 5. The van der Waals surface area contributed by atoms with Gasteiger partial charge in [-0.3, -0.25) is 9.78 Å². The predicted octanol–water partition coefficient (Wildman–Crippen LogP) is 4.89. The second-order valence-corrected chi connectivity index (χ2v) is 6.65. The fourth-order valence-electron chi connectivity index (χ4n) is 2.81. The van der Waals surface area contributed by atoms with Gasteiger partial charge in [-0.2, -0.15) is 0 Å². The van der Waals surface area contributed by atoms with Gasteiger partial charge in [0.2, 0.25) is 5.91 Å². The zero-order valence-electron chi connectivity index (χ0n) is 15.0. The van der Waals surface area contributed by atoms with Crippen LogP contribution in [0.3, 0.4) is 0 Å². The lowest BCUT2D eigenvalue weighted by Gasteiger charge is -2.11. The molecule has 0 saturated heterocycles. The molecule has 134 valence electrons. The summed E-state index contributed by atoms with van der Waals surface area (Å²) in [6.07, 6.45) is 2.37. The fraction of sp³-hybridized carbons (Fsp3) is 0.250. The van der Waals surface area contributed by atoms with Crippen molar-refractivity contribution < 1.29 is 9.21 Å².